The van der Waals surface area contributed by atoms with Crippen molar-refractivity contribution in [2.75, 3.05) is 52.3 Å². The number of methoxy groups -OCH3 is 2. The third-order valence-corrected chi connectivity index (χ3v) is 6.19. The topological polar surface area (TPSA) is 54.0 Å². The number of hydrogen-bond donors (Lipinski definition) is 1. The summed E-state index contributed by atoms with van der Waals surface area (Å²) in [6.45, 7) is 3.01. The van der Waals surface area contributed by atoms with E-state index in [2.05, 4.69) is 15.1 Å². The lowest BCUT2D eigenvalue weighted by Crippen LogP contribution is -2.49. The van der Waals surface area contributed by atoms with Gasteiger partial charge in [-0.15, -0.1) is 0 Å². The molecule has 3 aromatic carbocycles. The second-order valence-corrected chi connectivity index (χ2v) is 8.43. The van der Waals surface area contributed by atoms with Crippen molar-refractivity contribution < 1.29 is 23.0 Å². The number of carbonyl (C=O) groups excluding carboxylic acids is 1. The van der Waals surface area contributed by atoms with Gasteiger partial charge in [-0.1, -0.05) is 24.3 Å². The molecule has 3 aromatic rings. The predicted octanol–water partition coefficient (Wildman–Crippen LogP) is 4.33. The zero-order valence-electron chi connectivity index (χ0n) is 19.8. The molecule has 8 heteroatoms. The van der Waals surface area contributed by atoms with Crippen LogP contribution in [0.4, 0.5) is 14.5 Å². The normalized spacial score (nSPS) is 14.7. The summed E-state index contributed by atoms with van der Waals surface area (Å²) in [6.07, 6.45) is 0. The van der Waals surface area contributed by atoms with Gasteiger partial charge in [-0.2, -0.15) is 0 Å². The zero-order chi connectivity index (χ0) is 24.8. The number of ether oxygens (including phenoxy) is 2. The van der Waals surface area contributed by atoms with Gasteiger partial charge in [0.15, 0.2) is 0 Å². The quantitative estimate of drug-likeness (QED) is 0.519. The van der Waals surface area contributed by atoms with Crippen LogP contribution in [0, 0.1) is 11.6 Å². The molecular formula is C27H29F2N3O3. The molecule has 0 aliphatic carbocycles. The van der Waals surface area contributed by atoms with Crippen LogP contribution in [0.15, 0.2) is 66.7 Å². The van der Waals surface area contributed by atoms with Crippen LogP contribution in [0.2, 0.25) is 0 Å². The van der Waals surface area contributed by atoms with E-state index in [0.717, 1.165) is 11.1 Å². The Balaban J connectivity index is 1.41. The highest BCUT2D eigenvalue weighted by Gasteiger charge is 2.27. The van der Waals surface area contributed by atoms with Crippen molar-refractivity contribution in [2.24, 2.45) is 0 Å². The minimum atomic E-state index is -0.296. The van der Waals surface area contributed by atoms with E-state index in [9.17, 15) is 13.6 Å². The highest BCUT2D eigenvalue weighted by Crippen LogP contribution is 2.31. The number of rotatable bonds is 8. The molecule has 0 unspecified atom stereocenters. The Morgan fingerprint density at radius 1 is 0.857 bits per heavy atom. The summed E-state index contributed by atoms with van der Waals surface area (Å²) in [5.74, 6) is 0.455. The first-order valence-corrected chi connectivity index (χ1v) is 11.5. The van der Waals surface area contributed by atoms with E-state index in [0.29, 0.717) is 43.4 Å². The predicted molar refractivity (Wildman–Crippen MR) is 131 cm³/mol. The zero-order valence-corrected chi connectivity index (χ0v) is 19.8. The molecule has 0 atom stereocenters. The highest BCUT2D eigenvalue weighted by molar-refractivity contribution is 5.94. The Bertz CT molecular complexity index is 1090. The number of benzene rings is 3. The maximum atomic E-state index is 13.5. The molecule has 0 spiro atoms. The molecule has 184 valence electrons. The van der Waals surface area contributed by atoms with Crippen LogP contribution in [-0.4, -0.2) is 62.7 Å². The third kappa shape index (κ3) is 6.15. The van der Waals surface area contributed by atoms with Gasteiger partial charge in [0.2, 0.25) is 5.91 Å². The van der Waals surface area contributed by atoms with Gasteiger partial charge in [0, 0.05) is 32.2 Å². The molecule has 0 bridgehead atoms. The average Bonchev–Trinajstić information content (AvgIpc) is 2.87. The first kappa shape index (κ1) is 24.6. The molecule has 35 heavy (non-hydrogen) atoms. The summed E-state index contributed by atoms with van der Waals surface area (Å²) in [4.78, 5) is 17.1. The van der Waals surface area contributed by atoms with Crippen molar-refractivity contribution in [2.45, 2.75) is 6.04 Å². The lowest BCUT2D eigenvalue weighted by atomic mass is 9.96. The monoisotopic (exact) mass is 481 g/mol. The smallest absolute Gasteiger partial charge is 0.238 e. The van der Waals surface area contributed by atoms with Gasteiger partial charge in [0.1, 0.15) is 23.1 Å². The maximum absolute atomic E-state index is 13.5. The number of amides is 1. The van der Waals surface area contributed by atoms with Crippen molar-refractivity contribution in [3.05, 3.63) is 89.5 Å². The van der Waals surface area contributed by atoms with E-state index < -0.39 is 0 Å². The van der Waals surface area contributed by atoms with Crippen LogP contribution in [0.1, 0.15) is 17.2 Å². The number of anilines is 1. The van der Waals surface area contributed by atoms with Gasteiger partial charge >= 0.3 is 0 Å². The molecule has 1 aliphatic heterocycles. The minimum absolute atomic E-state index is 0.131. The fraction of sp³-hybridized carbons (Fsp3) is 0.296. The summed E-state index contributed by atoms with van der Waals surface area (Å²) < 4.78 is 37.7. The Labute approximate surface area is 204 Å². The number of nitrogens with zero attached hydrogens (tertiary/aromatic N) is 2. The molecule has 1 fully saturated rings. The van der Waals surface area contributed by atoms with Crippen LogP contribution in [0.25, 0.3) is 0 Å². The van der Waals surface area contributed by atoms with E-state index in [1.54, 1.807) is 56.7 Å². The molecule has 0 aromatic heterocycles. The molecule has 6 nitrogen and oxygen atoms in total. The van der Waals surface area contributed by atoms with Gasteiger partial charge in [-0.05, 0) is 47.5 Å². The Morgan fingerprint density at radius 2 is 1.43 bits per heavy atom. The van der Waals surface area contributed by atoms with Crippen molar-refractivity contribution in [1.82, 2.24) is 9.80 Å². The van der Waals surface area contributed by atoms with Crippen LogP contribution in [0.5, 0.6) is 11.5 Å². The standard InChI is InChI=1S/C27H29F2N3O3/c1-34-23-11-12-25(35-2)24(17-23)30-26(33)18-31-13-15-32(16-14-31)27(19-3-7-21(28)8-4-19)20-5-9-22(29)10-6-20/h3-12,17,27H,13-16,18H2,1-2H3,(H,30,33). The van der Waals surface area contributed by atoms with Crippen LogP contribution in [0.3, 0.4) is 0 Å². The summed E-state index contributed by atoms with van der Waals surface area (Å²) in [5, 5.41) is 2.91. The van der Waals surface area contributed by atoms with E-state index in [4.69, 9.17) is 9.47 Å². The number of hydrogen-bond acceptors (Lipinski definition) is 5. The van der Waals surface area contributed by atoms with E-state index in [-0.39, 0.29) is 30.1 Å². The minimum Gasteiger partial charge on any atom is -0.497 e. The molecule has 0 saturated carbocycles. The van der Waals surface area contributed by atoms with Crippen molar-refractivity contribution in [3.63, 3.8) is 0 Å². The summed E-state index contributed by atoms with van der Waals surface area (Å²) in [6, 6.07) is 18.0. The molecule has 0 radical (unpaired) electrons. The highest BCUT2D eigenvalue weighted by atomic mass is 19.1. The summed E-state index contributed by atoms with van der Waals surface area (Å²) in [5.41, 5.74) is 2.44. The van der Waals surface area contributed by atoms with E-state index >= 15 is 0 Å². The SMILES string of the molecule is COc1ccc(OC)c(NC(=O)CN2CCN(C(c3ccc(F)cc3)c3ccc(F)cc3)CC2)c1. The maximum Gasteiger partial charge on any atom is 0.238 e. The third-order valence-electron chi connectivity index (χ3n) is 6.19. The van der Waals surface area contributed by atoms with Crippen molar-refractivity contribution in [3.8, 4) is 11.5 Å². The van der Waals surface area contributed by atoms with Gasteiger partial charge in [-0.3, -0.25) is 14.6 Å². The fourth-order valence-electron chi connectivity index (χ4n) is 4.39. The van der Waals surface area contributed by atoms with E-state index in [1.807, 2.05) is 0 Å². The Kier molecular flexibility index (Phi) is 7.94. The molecular weight excluding hydrogens is 452 g/mol. The number of halogens is 2. The van der Waals surface area contributed by atoms with Crippen LogP contribution >= 0.6 is 0 Å². The first-order valence-electron chi connectivity index (χ1n) is 11.5. The van der Waals surface area contributed by atoms with Gasteiger partial charge < -0.3 is 14.8 Å². The average molecular weight is 482 g/mol. The molecule has 1 aliphatic rings. The molecule has 1 heterocycles. The van der Waals surface area contributed by atoms with Gasteiger partial charge in [0.25, 0.3) is 0 Å². The Hall–Kier alpha value is -3.49. The number of piperazine rings is 1. The molecule has 1 amide bonds. The summed E-state index contributed by atoms with van der Waals surface area (Å²) in [7, 11) is 3.12. The molecule has 1 saturated heterocycles. The fourth-order valence-corrected chi connectivity index (χ4v) is 4.39. The van der Waals surface area contributed by atoms with Crippen molar-refractivity contribution in [1.29, 1.82) is 0 Å². The second-order valence-electron chi connectivity index (χ2n) is 8.43. The van der Waals surface area contributed by atoms with Crippen LogP contribution in [-0.2, 0) is 4.79 Å². The molecule has 1 N–H and O–H groups in total. The Morgan fingerprint density at radius 3 is 1.94 bits per heavy atom. The van der Waals surface area contributed by atoms with Gasteiger partial charge in [-0.25, -0.2) is 8.78 Å². The lowest BCUT2D eigenvalue weighted by Gasteiger charge is -2.39. The second kappa shape index (κ2) is 11.3. The van der Waals surface area contributed by atoms with Gasteiger partial charge in [0.05, 0.1) is 32.5 Å². The van der Waals surface area contributed by atoms with E-state index in [1.165, 1.54) is 24.3 Å². The lowest BCUT2D eigenvalue weighted by molar-refractivity contribution is -0.117. The number of nitrogens with one attached hydrogen (secondary N) is 1. The summed E-state index contributed by atoms with van der Waals surface area (Å²) >= 11 is 0. The van der Waals surface area contributed by atoms with Crippen molar-refractivity contribution >= 4 is 11.6 Å². The first-order chi connectivity index (χ1) is 17.0. The van der Waals surface area contributed by atoms with Crippen LogP contribution < -0.4 is 14.8 Å². The number of carbonyl (C=O) groups is 1. The molecule has 4 rings (SSSR count). The largest absolute Gasteiger partial charge is 0.497 e.